The normalized spacial score (nSPS) is 11.0. The fourth-order valence-electron chi connectivity index (χ4n) is 1.44. The molecule has 0 saturated heterocycles. The zero-order chi connectivity index (χ0) is 9.59. The Labute approximate surface area is 75.0 Å². The van der Waals surface area contributed by atoms with Gasteiger partial charge in [-0.3, -0.25) is 4.98 Å². The number of pyridine rings is 1. The topological polar surface area (TPSA) is 61.5 Å². The molecule has 0 amide bonds. The zero-order valence-electron chi connectivity index (χ0n) is 7.86. The van der Waals surface area contributed by atoms with Crippen LogP contribution >= 0.6 is 0 Å². The van der Waals surface area contributed by atoms with E-state index in [0.29, 0.717) is 5.65 Å². The minimum Gasteiger partial charge on any atom is -0.304 e. The monoisotopic (exact) mass is 177 g/mol. The lowest BCUT2D eigenvalue weighted by Gasteiger charge is -2.03. The number of hydrogen-bond donors (Lipinski definition) is 2. The average molecular weight is 177 g/mol. The summed E-state index contributed by atoms with van der Waals surface area (Å²) in [6, 6.07) is 0. The maximum absolute atomic E-state index is 11.0. The van der Waals surface area contributed by atoms with Crippen LogP contribution in [0.3, 0.4) is 0 Å². The van der Waals surface area contributed by atoms with E-state index in [1.54, 1.807) is 0 Å². The van der Waals surface area contributed by atoms with Gasteiger partial charge in [-0.1, -0.05) is 0 Å². The van der Waals surface area contributed by atoms with E-state index in [4.69, 9.17) is 0 Å². The molecule has 0 aliphatic carbocycles. The molecule has 2 heterocycles. The van der Waals surface area contributed by atoms with Gasteiger partial charge in [0.1, 0.15) is 0 Å². The van der Waals surface area contributed by atoms with Gasteiger partial charge in [0.2, 0.25) is 0 Å². The van der Waals surface area contributed by atoms with Gasteiger partial charge in [0.25, 0.3) is 0 Å². The first-order valence-electron chi connectivity index (χ1n) is 4.15. The Bertz CT molecular complexity index is 521. The predicted octanol–water partition coefficient (Wildman–Crippen LogP) is 1.18. The molecule has 0 aliphatic heterocycles. The van der Waals surface area contributed by atoms with Crippen molar-refractivity contribution in [3.05, 3.63) is 27.3 Å². The van der Waals surface area contributed by atoms with Gasteiger partial charge in [0, 0.05) is 5.69 Å². The number of hydrogen-bond acceptors (Lipinski definition) is 2. The SMILES string of the molecule is Cc1nc2[nH]c(=O)[nH]c2c(C)c1C. The Hall–Kier alpha value is -1.58. The molecule has 0 atom stereocenters. The van der Waals surface area contributed by atoms with Gasteiger partial charge in [-0.2, -0.15) is 0 Å². The summed E-state index contributed by atoms with van der Waals surface area (Å²) in [4.78, 5) is 20.6. The van der Waals surface area contributed by atoms with E-state index in [1.807, 2.05) is 20.8 Å². The van der Waals surface area contributed by atoms with Gasteiger partial charge in [0.15, 0.2) is 5.65 Å². The number of imidazole rings is 1. The summed E-state index contributed by atoms with van der Waals surface area (Å²) in [6.45, 7) is 5.92. The predicted molar refractivity (Wildman–Crippen MR) is 50.9 cm³/mol. The highest BCUT2D eigenvalue weighted by molar-refractivity contribution is 5.75. The molecular weight excluding hydrogens is 166 g/mol. The number of nitrogens with zero attached hydrogens (tertiary/aromatic N) is 1. The van der Waals surface area contributed by atoms with Crippen LogP contribution in [0.15, 0.2) is 4.79 Å². The van der Waals surface area contributed by atoms with Crippen molar-refractivity contribution in [1.29, 1.82) is 0 Å². The van der Waals surface area contributed by atoms with Crippen molar-refractivity contribution in [1.82, 2.24) is 15.0 Å². The second kappa shape index (κ2) is 2.45. The van der Waals surface area contributed by atoms with Crippen molar-refractivity contribution in [3.63, 3.8) is 0 Å². The number of aryl methyl sites for hydroxylation is 2. The number of rotatable bonds is 0. The standard InChI is InChI=1S/C9H11N3O/c1-4-5(2)7-8(10-6(4)3)12-9(13)11-7/h1-3H3,(H2,10,11,12,13). The van der Waals surface area contributed by atoms with Crippen LogP contribution in [0.5, 0.6) is 0 Å². The van der Waals surface area contributed by atoms with Gasteiger partial charge >= 0.3 is 5.69 Å². The summed E-state index contributed by atoms with van der Waals surface area (Å²) < 4.78 is 0. The van der Waals surface area contributed by atoms with E-state index in [1.165, 1.54) is 0 Å². The van der Waals surface area contributed by atoms with Gasteiger partial charge in [-0.05, 0) is 31.9 Å². The van der Waals surface area contributed by atoms with Crippen molar-refractivity contribution < 1.29 is 0 Å². The first-order valence-corrected chi connectivity index (χ1v) is 4.15. The minimum absolute atomic E-state index is 0.199. The van der Waals surface area contributed by atoms with E-state index in [9.17, 15) is 4.79 Å². The summed E-state index contributed by atoms with van der Waals surface area (Å²) in [5, 5.41) is 0. The smallest absolute Gasteiger partial charge is 0.304 e. The molecule has 0 aromatic carbocycles. The molecule has 2 aromatic rings. The third kappa shape index (κ3) is 1.06. The molecule has 0 spiro atoms. The van der Waals surface area contributed by atoms with E-state index in [2.05, 4.69) is 15.0 Å². The maximum atomic E-state index is 11.0. The minimum atomic E-state index is -0.199. The van der Waals surface area contributed by atoms with Crippen molar-refractivity contribution >= 4 is 11.2 Å². The number of aromatic amines is 2. The number of fused-ring (bicyclic) bond motifs is 1. The molecule has 0 radical (unpaired) electrons. The fraction of sp³-hybridized carbons (Fsp3) is 0.333. The highest BCUT2D eigenvalue weighted by Gasteiger charge is 2.07. The molecule has 2 N–H and O–H groups in total. The Morgan fingerprint density at radius 3 is 2.46 bits per heavy atom. The van der Waals surface area contributed by atoms with E-state index in [-0.39, 0.29) is 5.69 Å². The van der Waals surface area contributed by atoms with Gasteiger partial charge < -0.3 is 4.98 Å². The summed E-state index contributed by atoms with van der Waals surface area (Å²) in [5.41, 5.74) is 4.43. The lowest BCUT2D eigenvalue weighted by Crippen LogP contribution is -1.99. The van der Waals surface area contributed by atoms with E-state index < -0.39 is 0 Å². The van der Waals surface area contributed by atoms with Crippen LogP contribution in [0.2, 0.25) is 0 Å². The first-order chi connectivity index (χ1) is 6.09. The van der Waals surface area contributed by atoms with Crippen LogP contribution in [0.4, 0.5) is 0 Å². The number of nitrogens with one attached hydrogen (secondary N) is 2. The first kappa shape index (κ1) is 8.04. The van der Waals surface area contributed by atoms with Crippen LogP contribution in [-0.4, -0.2) is 15.0 Å². The Morgan fingerprint density at radius 2 is 1.77 bits per heavy atom. The average Bonchev–Trinajstić information content (AvgIpc) is 2.42. The van der Waals surface area contributed by atoms with E-state index >= 15 is 0 Å². The third-order valence-corrected chi connectivity index (χ3v) is 2.47. The summed E-state index contributed by atoms with van der Waals surface area (Å²) in [5.74, 6) is 0. The van der Waals surface area contributed by atoms with Crippen LogP contribution in [0.1, 0.15) is 16.8 Å². The third-order valence-electron chi connectivity index (χ3n) is 2.47. The molecule has 0 saturated carbocycles. The number of H-pyrrole nitrogens is 2. The maximum Gasteiger partial charge on any atom is 0.325 e. The Balaban J connectivity index is 3.00. The van der Waals surface area contributed by atoms with Crippen molar-refractivity contribution in [2.24, 2.45) is 0 Å². The lowest BCUT2D eigenvalue weighted by molar-refractivity contribution is 1.14. The van der Waals surface area contributed by atoms with E-state index in [0.717, 1.165) is 22.3 Å². The molecule has 0 fully saturated rings. The highest BCUT2D eigenvalue weighted by Crippen LogP contribution is 2.17. The molecule has 2 aromatic heterocycles. The fourth-order valence-corrected chi connectivity index (χ4v) is 1.44. The quantitative estimate of drug-likeness (QED) is 0.634. The second-order valence-electron chi connectivity index (χ2n) is 3.25. The van der Waals surface area contributed by atoms with Crippen molar-refractivity contribution in [2.45, 2.75) is 20.8 Å². The van der Waals surface area contributed by atoms with Gasteiger partial charge in [0.05, 0.1) is 5.52 Å². The molecule has 13 heavy (non-hydrogen) atoms. The Morgan fingerprint density at radius 1 is 1.08 bits per heavy atom. The van der Waals surface area contributed by atoms with Gasteiger partial charge in [-0.25, -0.2) is 9.78 Å². The molecule has 2 rings (SSSR count). The Kier molecular flexibility index (Phi) is 1.52. The molecule has 4 heteroatoms. The molecule has 0 aliphatic rings. The zero-order valence-corrected chi connectivity index (χ0v) is 7.86. The molecule has 0 unspecified atom stereocenters. The summed E-state index contributed by atoms with van der Waals surface area (Å²) >= 11 is 0. The molecule has 4 nitrogen and oxygen atoms in total. The molecular formula is C9H11N3O. The molecule has 0 bridgehead atoms. The summed E-state index contributed by atoms with van der Waals surface area (Å²) in [7, 11) is 0. The molecule has 68 valence electrons. The highest BCUT2D eigenvalue weighted by atomic mass is 16.1. The van der Waals surface area contributed by atoms with Crippen LogP contribution in [-0.2, 0) is 0 Å². The summed E-state index contributed by atoms with van der Waals surface area (Å²) in [6.07, 6.45) is 0. The van der Waals surface area contributed by atoms with Crippen LogP contribution < -0.4 is 5.69 Å². The van der Waals surface area contributed by atoms with Crippen molar-refractivity contribution in [2.75, 3.05) is 0 Å². The number of aromatic nitrogens is 3. The lowest BCUT2D eigenvalue weighted by atomic mass is 10.1. The van der Waals surface area contributed by atoms with Crippen LogP contribution in [0.25, 0.3) is 11.2 Å². The van der Waals surface area contributed by atoms with Gasteiger partial charge in [-0.15, -0.1) is 0 Å². The van der Waals surface area contributed by atoms with Crippen molar-refractivity contribution in [3.8, 4) is 0 Å². The van der Waals surface area contributed by atoms with Crippen LogP contribution in [0, 0.1) is 20.8 Å². The largest absolute Gasteiger partial charge is 0.325 e. The second-order valence-corrected chi connectivity index (χ2v) is 3.25.